The van der Waals surface area contributed by atoms with E-state index >= 15 is 0 Å². The first-order chi connectivity index (χ1) is 7.67. The average molecular weight is 352 g/mol. The summed E-state index contributed by atoms with van der Waals surface area (Å²) >= 11 is 7.32. The van der Waals surface area contributed by atoms with Crippen LogP contribution in [0.3, 0.4) is 0 Å². The zero-order chi connectivity index (χ0) is 12.0. The fraction of sp³-hybridized carbons (Fsp3) is 0.750. The second-order valence-corrected chi connectivity index (χ2v) is 5.59. The van der Waals surface area contributed by atoms with Crippen LogP contribution in [0.15, 0.2) is 12.4 Å². The van der Waals surface area contributed by atoms with E-state index in [1.54, 1.807) is 0 Å². The third kappa shape index (κ3) is 3.59. The average Bonchev–Trinajstić information content (AvgIpc) is 2.70. The number of aryl methyl sites for hydroxylation is 2. The van der Waals surface area contributed by atoms with Crippen LogP contribution in [0.25, 0.3) is 0 Å². The highest BCUT2D eigenvalue weighted by atomic mass is 79.9. The van der Waals surface area contributed by atoms with E-state index in [1.165, 1.54) is 25.1 Å². The fourth-order valence-corrected chi connectivity index (χ4v) is 4.02. The topological polar surface area (TPSA) is 17.8 Å². The quantitative estimate of drug-likeness (QED) is 0.680. The minimum absolute atomic E-state index is 0.376. The summed E-state index contributed by atoms with van der Waals surface area (Å²) in [7, 11) is 2.06. The normalized spacial score (nSPS) is 12.0. The van der Waals surface area contributed by atoms with Crippen molar-refractivity contribution in [2.75, 3.05) is 10.7 Å². The van der Waals surface area contributed by atoms with Crippen molar-refractivity contribution in [3.05, 3.63) is 18.2 Å². The molecule has 16 heavy (non-hydrogen) atoms. The van der Waals surface area contributed by atoms with Crippen LogP contribution in [0.1, 0.15) is 32.0 Å². The molecule has 1 aromatic heterocycles. The number of aromatic nitrogens is 2. The fourth-order valence-electron chi connectivity index (χ4n) is 1.97. The molecule has 2 nitrogen and oxygen atoms in total. The summed E-state index contributed by atoms with van der Waals surface area (Å²) in [5.74, 6) is 1.18. The van der Waals surface area contributed by atoms with Crippen molar-refractivity contribution in [3.63, 3.8) is 0 Å². The first-order valence-electron chi connectivity index (χ1n) is 5.75. The number of hydrogen-bond acceptors (Lipinski definition) is 1. The Labute approximate surface area is 115 Å². The summed E-state index contributed by atoms with van der Waals surface area (Å²) in [4.78, 5) is 4.38. The SMILES string of the molecule is CCCC(CBr)(CBr)CCc1nccn1C. The number of imidazole rings is 1. The van der Waals surface area contributed by atoms with Gasteiger partial charge in [-0.3, -0.25) is 0 Å². The van der Waals surface area contributed by atoms with E-state index in [-0.39, 0.29) is 0 Å². The van der Waals surface area contributed by atoms with E-state index < -0.39 is 0 Å². The molecule has 0 saturated carbocycles. The van der Waals surface area contributed by atoms with Crippen molar-refractivity contribution in [1.29, 1.82) is 0 Å². The van der Waals surface area contributed by atoms with E-state index in [1.807, 2.05) is 12.4 Å². The monoisotopic (exact) mass is 350 g/mol. The van der Waals surface area contributed by atoms with Gasteiger partial charge in [-0.05, 0) is 18.3 Å². The van der Waals surface area contributed by atoms with Crippen molar-refractivity contribution in [2.45, 2.75) is 32.6 Å². The lowest BCUT2D eigenvalue weighted by molar-refractivity contribution is 0.322. The Morgan fingerprint density at radius 1 is 1.31 bits per heavy atom. The predicted octanol–water partition coefficient (Wildman–Crippen LogP) is 3.93. The van der Waals surface area contributed by atoms with Gasteiger partial charge in [0.1, 0.15) is 5.82 Å². The third-order valence-electron chi connectivity index (χ3n) is 3.15. The van der Waals surface area contributed by atoms with Crippen LogP contribution in [0.2, 0.25) is 0 Å². The van der Waals surface area contributed by atoms with Gasteiger partial charge in [-0.2, -0.15) is 0 Å². The first kappa shape index (κ1) is 14.2. The highest BCUT2D eigenvalue weighted by Crippen LogP contribution is 2.33. The van der Waals surface area contributed by atoms with Gasteiger partial charge >= 0.3 is 0 Å². The summed E-state index contributed by atoms with van der Waals surface area (Å²) in [5, 5.41) is 2.12. The molecular weight excluding hydrogens is 332 g/mol. The summed E-state index contributed by atoms with van der Waals surface area (Å²) in [5.41, 5.74) is 0.376. The predicted molar refractivity (Wildman–Crippen MR) is 76.5 cm³/mol. The van der Waals surface area contributed by atoms with Crippen LogP contribution in [-0.4, -0.2) is 20.2 Å². The molecule has 0 atom stereocenters. The van der Waals surface area contributed by atoms with Crippen LogP contribution < -0.4 is 0 Å². The van der Waals surface area contributed by atoms with E-state index in [0.717, 1.165) is 17.1 Å². The van der Waals surface area contributed by atoms with Crippen molar-refractivity contribution >= 4 is 31.9 Å². The van der Waals surface area contributed by atoms with Gasteiger partial charge in [0, 0.05) is 36.5 Å². The lowest BCUT2D eigenvalue weighted by Crippen LogP contribution is -2.25. The van der Waals surface area contributed by atoms with Gasteiger partial charge in [-0.15, -0.1) is 0 Å². The maximum atomic E-state index is 4.38. The van der Waals surface area contributed by atoms with Crippen LogP contribution in [-0.2, 0) is 13.5 Å². The van der Waals surface area contributed by atoms with E-state index in [4.69, 9.17) is 0 Å². The number of hydrogen-bond donors (Lipinski definition) is 0. The lowest BCUT2D eigenvalue weighted by atomic mass is 9.83. The van der Waals surface area contributed by atoms with Crippen LogP contribution in [0.5, 0.6) is 0 Å². The Kier molecular flexibility index (Phi) is 6.05. The van der Waals surface area contributed by atoms with Gasteiger partial charge in [0.2, 0.25) is 0 Å². The summed E-state index contributed by atoms with van der Waals surface area (Å²) in [6.07, 6.45) is 8.62. The number of nitrogens with zero attached hydrogens (tertiary/aromatic N) is 2. The zero-order valence-corrected chi connectivity index (χ0v) is 13.2. The van der Waals surface area contributed by atoms with E-state index in [2.05, 4.69) is 55.4 Å². The number of rotatable bonds is 7. The van der Waals surface area contributed by atoms with E-state index in [0.29, 0.717) is 5.41 Å². The van der Waals surface area contributed by atoms with Crippen LogP contribution >= 0.6 is 31.9 Å². The maximum Gasteiger partial charge on any atom is 0.108 e. The lowest BCUT2D eigenvalue weighted by Gasteiger charge is -2.29. The number of alkyl halides is 2. The smallest absolute Gasteiger partial charge is 0.108 e. The molecule has 0 aromatic carbocycles. The Balaban J connectivity index is 2.59. The van der Waals surface area contributed by atoms with Gasteiger partial charge < -0.3 is 4.57 Å². The van der Waals surface area contributed by atoms with Gasteiger partial charge in [0.05, 0.1) is 0 Å². The van der Waals surface area contributed by atoms with Crippen molar-refractivity contribution in [2.24, 2.45) is 12.5 Å². The van der Waals surface area contributed by atoms with Gasteiger partial charge in [-0.1, -0.05) is 45.2 Å². The second-order valence-electron chi connectivity index (χ2n) is 4.47. The first-order valence-corrected chi connectivity index (χ1v) is 8.00. The van der Waals surface area contributed by atoms with Crippen molar-refractivity contribution in [3.8, 4) is 0 Å². The van der Waals surface area contributed by atoms with Crippen molar-refractivity contribution in [1.82, 2.24) is 9.55 Å². The zero-order valence-electron chi connectivity index (χ0n) is 10.0. The molecule has 0 N–H and O–H groups in total. The molecule has 0 fully saturated rings. The van der Waals surface area contributed by atoms with Gasteiger partial charge in [-0.25, -0.2) is 4.98 Å². The molecule has 1 aromatic rings. The standard InChI is InChI=1S/C12H20Br2N2/c1-3-5-12(9-13,10-14)6-4-11-15-7-8-16(11)2/h7-8H,3-6,9-10H2,1-2H3. The van der Waals surface area contributed by atoms with Crippen LogP contribution in [0.4, 0.5) is 0 Å². The molecule has 0 bridgehead atoms. The Morgan fingerprint density at radius 2 is 2.00 bits per heavy atom. The van der Waals surface area contributed by atoms with Gasteiger partial charge in [0.15, 0.2) is 0 Å². The van der Waals surface area contributed by atoms with E-state index in [9.17, 15) is 0 Å². The molecular formula is C12H20Br2N2. The molecule has 4 heteroatoms. The molecule has 0 aliphatic heterocycles. The maximum absolute atomic E-state index is 4.38. The molecule has 1 rings (SSSR count). The van der Waals surface area contributed by atoms with Gasteiger partial charge in [0.25, 0.3) is 0 Å². The molecule has 0 unspecified atom stereocenters. The Hall–Kier alpha value is 0.170. The molecule has 0 saturated heterocycles. The van der Waals surface area contributed by atoms with Crippen LogP contribution in [0, 0.1) is 5.41 Å². The Bertz CT molecular complexity index is 306. The minimum Gasteiger partial charge on any atom is -0.338 e. The highest BCUT2D eigenvalue weighted by Gasteiger charge is 2.26. The molecule has 0 aliphatic carbocycles. The summed E-state index contributed by atoms with van der Waals surface area (Å²) in [6, 6.07) is 0. The second kappa shape index (κ2) is 6.80. The van der Waals surface area contributed by atoms with Crippen molar-refractivity contribution < 1.29 is 0 Å². The highest BCUT2D eigenvalue weighted by molar-refractivity contribution is 9.09. The molecule has 0 spiro atoms. The molecule has 0 radical (unpaired) electrons. The molecule has 1 heterocycles. The molecule has 0 amide bonds. The molecule has 92 valence electrons. The minimum atomic E-state index is 0.376. The molecule has 0 aliphatic rings. The Morgan fingerprint density at radius 3 is 2.44 bits per heavy atom. The third-order valence-corrected chi connectivity index (χ3v) is 5.53. The largest absolute Gasteiger partial charge is 0.338 e. The number of halogens is 2. The summed E-state index contributed by atoms with van der Waals surface area (Å²) < 4.78 is 2.11. The summed E-state index contributed by atoms with van der Waals surface area (Å²) in [6.45, 7) is 2.25.